The second-order valence-corrected chi connectivity index (χ2v) is 9.19. The Morgan fingerprint density at radius 3 is 2.50 bits per heavy atom. The zero-order valence-corrected chi connectivity index (χ0v) is 18.8. The van der Waals surface area contributed by atoms with Gasteiger partial charge >= 0.3 is 5.97 Å². The Morgan fingerprint density at radius 2 is 1.73 bits per heavy atom. The lowest BCUT2D eigenvalue weighted by Crippen LogP contribution is -2.47. The molecule has 0 amide bonds. The van der Waals surface area contributed by atoms with Crippen molar-refractivity contribution in [2.45, 2.75) is 23.1 Å². The van der Waals surface area contributed by atoms with Gasteiger partial charge in [-0.25, -0.2) is 0 Å². The largest absolute Gasteiger partial charge is 0.465 e. The predicted molar refractivity (Wildman–Crippen MR) is 123 cm³/mol. The molecule has 0 spiro atoms. The Morgan fingerprint density at radius 1 is 1.03 bits per heavy atom. The number of nitrogens with zero attached hydrogens (tertiary/aromatic N) is 2. The number of hydrogen-bond donors (Lipinski definition) is 0. The molecule has 2 aromatic carbocycles. The zero-order chi connectivity index (χ0) is 20.9. The zero-order valence-electron chi connectivity index (χ0n) is 17.3. The summed E-state index contributed by atoms with van der Waals surface area (Å²) in [5.74, 6) is -0.202. The molecule has 158 valence electrons. The van der Waals surface area contributed by atoms with E-state index in [-0.39, 0.29) is 5.97 Å². The Balaban J connectivity index is 1.37. The first-order valence-electron chi connectivity index (χ1n) is 10.5. The first kappa shape index (κ1) is 21.4. The molecule has 2 aromatic rings. The van der Waals surface area contributed by atoms with Gasteiger partial charge < -0.3 is 9.64 Å². The molecule has 30 heavy (non-hydrogen) atoms. The van der Waals surface area contributed by atoms with E-state index >= 15 is 0 Å². The monoisotopic (exact) mass is 442 g/mol. The van der Waals surface area contributed by atoms with E-state index < -0.39 is 0 Å². The van der Waals surface area contributed by atoms with Crippen LogP contribution in [0.2, 0.25) is 5.02 Å². The Labute approximate surface area is 187 Å². The van der Waals surface area contributed by atoms with Crippen molar-refractivity contribution in [3.05, 3.63) is 64.7 Å². The fraction of sp³-hybridized carbons (Fsp3) is 0.375. The van der Waals surface area contributed by atoms with Gasteiger partial charge in [0, 0.05) is 61.0 Å². The fourth-order valence-corrected chi connectivity index (χ4v) is 5.27. The molecular weight excluding hydrogens is 416 g/mol. The minimum atomic E-state index is -0.202. The van der Waals surface area contributed by atoms with Crippen LogP contribution in [-0.2, 0) is 9.53 Å². The molecule has 0 unspecified atom stereocenters. The third kappa shape index (κ3) is 5.27. The molecule has 1 saturated heterocycles. The van der Waals surface area contributed by atoms with Gasteiger partial charge in [0.15, 0.2) is 0 Å². The quantitative estimate of drug-likeness (QED) is 0.512. The Bertz CT molecular complexity index is 939. The molecule has 2 aliphatic rings. The van der Waals surface area contributed by atoms with Crippen molar-refractivity contribution in [1.82, 2.24) is 9.80 Å². The SMILES string of the molecule is CC(=O)OCCN1CCN(CC/C=C2/c3ccccc3Sc3ccc(Cl)cc32)CC1. The van der Waals surface area contributed by atoms with Gasteiger partial charge in [0.1, 0.15) is 6.61 Å². The lowest BCUT2D eigenvalue weighted by Gasteiger charge is -2.34. The van der Waals surface area contributed by atoms with Gasteiger partial charge in [0.2, 0.25) is 0 Å². The van der Waals surface area contributed by atoms with Crippen molar-refractivity contribution in [2.75, 3.05) is 45.9 Å². The number of benzene rings is 2. The van der Waals surface area contributed by atoms with Crippen LogP contribution < -0.4 is 0 Å². The first-order chi connectivity index (χ1) is 14.6. The molecule has 6 heteroatoms. The van der Waals surface area contributed by atoms with Gasteiger partial charge in [-0.2, -0.15) is 0 Å². The number of fused-ring (bicyclic) bond motifs is 2. The van der Waals surface area contributed by atoms with E-state index in [1.165, 1.54) is 33.4 Å². The van der Waals surface area contributed by atoms with Gasteiger partial charge in [-0.3, -0.25) is 9.69 Å². The minimum absolute atomic E-state index is 0.202. The van der Waals surface area contributed by atoms with Crippen molar-refractivity contribution in [1.29, 1.82) is 0 Å². The molecule has 0 atom stereocenters. The third-order valence-electron chi connectivity index (χ3n) is 5.60. The van der Waals surface area contributed by atoms with E-state index in [0.717, 1.165) is 50.7 Å². The van der Waals surface area contributed by atoms with Crippen molar-refractivity contribution in [3.8, 4) is 0 Å². The summed E-state index contributed by atoms with van der Waals surface area (Å²) in [7, 11) is 0. The number of ether oxygens (including phenoxy) is 1. The normalized spacial score (nSPS) is 18.1. The van der Waals surface area contributed by atoms with Crippen LogP contribution >= 0.6 is 23.4 Å². The second-order valence-electron chi connectivity index (χ2n) is 7.67. The number of carbonyl (C=O) groups is 1. The van der Waals surface area contributed by atoms with Crippen LogP contribution in [0.4, 0.5) is 0 Å². The summed E-state index contributed by atoms with van der Waals surface area (Å²) in [6.45, 7) is 7.97. The molecule has 2 aliphatic heterocycles. The van der Waals surface area contributed by atoms with Gasteiger partial charge in [-0.05, 0) is 47.4 Å². The molecule has 4 nitrogen and oxygen atoms in total. The van der Waals surface area contributed by atoms with Crippen LogP contribution in [0.1, 0.15) is 24.5 Å². The average Bonchev–Trinajstić information content (AvgIpc) is 2.74. The van der Waals surface area contributed by atoms with Crippen molar-refractivity contribution >= 4 is 34.9 Å². The van der Waals surface area contributed by atoms with Gasteiger partial charge in [-0.1, -0.05) is 47.6 Å². The second kappa shape index (κ2) is 10.0. The molecular formula is C24H27ClN2O2S. The maximum atomic E-state index is 10.9. The summed E-state index contributed by atoms with van der Waals surface area (Å²) < 4.78 is 5.06. The van der Waals surface area contributed by atoms with Gasteiger partial charge in [-0.15, -0.1) is 0 Å². The highest BCUT2D eigenvalue weighted by atomic mass is 35.5. The highest BCUT2D eigenvalue weighted by molar-refractivity contribution is 7.99. The van der Waals surface area contributed by atoms with E-state index in [9.17, 15) is 4.79 Å². The van der Waals surface area contributed by atoms with E-state index in [2.05, 4.69) is 52.3 Å². The maximum absolute atomic E-state index is 10.9. The van der Waals surface area contributed by atoms with E-state index in [1.54, 1.807) is 0 Å². The molecule has 0 aliphatic carbocycles. The minimum Gasteiger partial charge on any atom is -0.465 e. The third-order valence-corrected chi connectivity index (χ3v) is 6.99. The van der Waals surface area contributed by atoms with Crippen molar-refractivity contribution < 1.29 is 9.53 Å². The number of rotatable bonds is 6. The first-order valence-corrected chi connectivity index (χ1v) is 11.6. The maximum Gasteiger partial charge on any atom is 0.302 e. The summed E-state index contributed by atoms with van der Waals surface area (Å²) in [6, 6.07) is 14.8. The number of halogens is 1. The number of hydrogen-bond acceptors (Lipinski definition) is 5. The van der Waals surface area contributed by atoms with Gasteiger partial charge in [0.05, 0.1) is 0 Å². The van der Waals surface area contributed by atoms with E-state index in [1.807, 2.05) is 17.8 Å². The van der Waals surface area contributed by atoms with Crippen LogP contribution in [0.25, 0.3) is 5.57 Å². The summed E-state index contributed by atoms with van der Waals surface area (Å²) in [5, 5.41) is 0.782. The van der Waals surface area contributed by atoms with Crippen LogP contribution in [0.3, 0.4) is 0 Å². The summed E-state index contributed by atoms with van der Waals surface area (Å²) in [6.07, 6.45) is 3.38. The molecule has 4 rings (SSSR count). The Kier molecular flexibility index (Phi) is 7.16. The summed E-state index contributed by atoms with van der Waals surface area (Å²) in [5.41, 5.74) is 3.83. The van der Waals surface area contributed by atoms with E-state index in [0.29, 0.717) is 6.61 Å². The van der Waals surface area contributed by atoms with Crippen LogP contribution in [0, 0.1) is 0 Å². The number of piperazine rings is 1. The van der Waals surface area contributed by atoms with Crippen LogP contribution in [-0.4, -0.2) is 61.6 Å². The molecule has 0 bridgehead atoms. The van der Waals surface area contributed by atoms with Crippen molar-refractivity contribution in [3.63, 3.8) is 0 Å². The smallest absolute Gasteiger partial charge is 0.302 e. The molecule has 0 radical (unpaired) electrons. The Hall–Kier alpha value is -1.79. The molecule has 1 fully saturated rings. The van der Waals surface area contributed by atoms with Crippen LogP contribution in [0.15, 0.2) is 58.3 Å². The molecule has 0 N–H and O–H groups in total. The summed E-state index contributed by atoms with van der Waals surface area (Å²) >= 11 is 8.13. The predicted octanol–water partition coefficient (Wildman–Crippen LogP) is 4.81. The average molecular weight is 443 g/mol. The van der Waals surface area contributed by atoms with E-state index in [4.69, 9.17) is 16.3 Å². The van der Waals surface area contributed by atoms with Crippen molar-refractivity contribution in [2.24, 2.45) is 0 Å². The standard InChI is InChI=1S/C24H27ClN2O2S/c1-18(28)29-16-15-27-13-11-26(12-14-27)10-4-6-20-21-5-2-3-7-23(21)30-24-9-8-19(25)17-22(20)24/h2-3,5-9,17H,4,10-16H2,1H3/b20-6-. The molecule has 0 saturated carbocycles. The van der Waals surface area contributed by atoms with Crippen LogP contribution in [0.5, 0.6) is 0 Å². The topological polar surface area (TPSA) is 32.8 Å². The molecule has 2 heterocycles. The summed E-state index contributed by atoms with van der Waals surface area (Å²) in [4.78, 5) is 18.4. The lowest BCUT2D eigenvalue weighted by molar-refractivity contribution is -0.141. The number of carbonyl (C=O) groups excluding carboxylic acids is 1. The number of esters is 1. The fourth-order valence-electron chi connectivity index (χ4n) is 4.01. The molecule has 0 aromatic heterocycles. The highest BCUT2D eigenvalue weighted by Gasteiger charge is 2.21. The lowest BCUT2D eigenvalue weighted by atomic mass is 9.96. The van der Waals surface area contributed by atoms with Gasteiger partial charge in [0.25, 0.3) is 0 Å². The highest BCUT2D eigenvalue weighted by Crippen LogP contribution is 2.46.